The molecule has 1 heterocycles. The van der Waals surface area contributed by atoms with E-state index in [1.807, 2.05) is 37.3 Å². The first kappa shape index (κ1) is 21.6. The molecule has 0 spiro atoms. The molecule has 29 heavy (non-hydrogen) atoms. The van der Waals surface area contributed by atoms with Crippen molar-refractivity contribution in [2.75, 3.05) is 17.2 Å². The lowest BCUT2D eigenvalue weighted by molar-refractivity contribution is 0.0529. The first-order chi connectivity index (χ1) is 13.9. The fourth-order valence-electron chi connectivity index (χ4n) is 2.83. The van der Waals surface area contributed by atoms with E-state index in [4.69, 9.17) is 40.2 Å². The molecule has 2 aromatic carbocycles. The van der Waals surface area contributed by atoms with Gasteiger partial charge in [0.05, 0.1) is 17.3 Å². The minimum absolute atomic E-state index is 0.282. The molecule has 0 aliphatic rings. The van der Waals surface area contributed by atoms with E-state index >= 15 is 0 Å². The third kappa shape index (κ3) is 5.08. The molecule has 0 atom stereocenters. The summed E-state index contributed by atoms with van der Waals surface area (Å²) in [6, 6.07) is 14.8. The summed E-state index contributed by atoms with van der Waals surface area (Å²) in [5.74, 6) is -0.398. The molecule has 0 unspecified atom stereocenters. The highest BCUT2D eigenvalue weighted by atomic mass is 35.5. The predicted octanol–water partition coefficient (Wildman–Crippen LogP) is 7.02. The summed E-state index contributed by atoms with van der Waals surface area (Å²) in [6.07, 6.45) is 0. The zero-order valence-corrected chi connectivity index (χ0v) is 18.9. The zero-order valence-electron chi connectivity index (χ0n) is 15.7. The molecule has 8 heteroatoms. The normalized spacial score (nSPS) is 10.5. The second-order valence-corrected chi connectivity index (χ2v) is 8.50. The fraction of sp³-hybridized carbons (Fsp3) is 0.143. The van der Waals surface area contributed by atoms with Crippen LogP contribution < -0.4 is 10.6 Å². The van der Waals surface area contributed by atoms with Gasteiger partial charge >= 0.3 is 5.97 Å². The van der Waals surface area contributed by atoms with Gasteiger partial charge < -0.3 is 15.4 Å². The van der Waals surface area contributed by atoms with Crippen LogP contribution in [-0.4, -0.2) is 17.7 Å². The molecule has 0 amide bonds. The van der Waals surface area contributed by atoms with Gasteiger partial charge in [-0.25, -0.2) is 4.79 Å². The molecule has 0 bridgehead atoms. The summed E-state index contributed by atoms with van der Waals surface area (Å²) in [5, 5.41) is 8.05. The number of thiocarbonyl (C=S) groups is 1. The van der Waals surface area contributed by atoms with Crippen molar-refractivity contribution in [3.63, 3.8) is 0 Å². The molecular formula is C21H18Cl2N2O2S2. The molecule has 3 aromatic rings. The maximum absolute atomic E-state index is 12.7. The SMILES string of the molecule is CCOC(=O)c1c(NC(=S)Nc2ccc(Cl)cc2Cl)sc(C)c1-c1ccccc1. The molecule has 0 aliphatic carbocycles. The molecule has 4 nitrogen and oxygen atoms in total. The van der Waals surface area contributed by atoms with Gasteiger partial charge in [-0.3, -0.25) is 0 Å². The molecule has 2 N–H and O–H groups in total. The van der Waals surface area contributed by atoms with Gasteiger partial charge in [0, 0.05) is 15.5 Å². The number of hydrogen-bond acceptors (Lipinski definition) is 4. The van der Waals surface area contributed by atoms with E-state index in [0.717, 1.165) is 16.0 Å². The van der Waals surface area contributed by atoms with E-state index in [1.165, 1.54) is 11.3 Å². The molecule has 0 aliphatic heterocycles. The minimum atomic E-state index is -0.398. The molecule has 1 aromatic heterocycles. The number of hydrogen-bond donors (Lipinski definition) is 2. The van der Waals surface area contributed by atoms with Gasteiger partial charge in [0.2, 0.25) is 0 Å². The summed E-state index contributed by atoms with van der Waals surface area (Å²) in [6.45, 7) is 4.03. The van der Waals surface area contributed by atoms with Crippen molar-refractivity contribution < 1.29 is 9.53 Å². The van der Waals surface area contributed by atoms with Gasteiger partial charge in [-0.15, -0.1) is 11.3 Å². The number of benzene rings is 2. The molecule has 3 rings (SSSR count). The highest BCUT2D eigenvalue weighted by Gasteiger charge is 2.25. The Morgan fingerprint density at radius 1 is 1.14 bits per heavy atom. The number of ether oxygens (including phenoxy) is 1. The van der Waals surface area contributed by atoms with Crippen molar-refractivity contribution in [2.24, 2.45) is 0 Å². The van der Waals surface area contributed by atoms with Crippen LogP contribution in [0, 0.1) is 6.92 Å². The van der Waals surface area contributed by atoms with Crippen LogP contribution in [0.25, 0.3) is 11.1 Å². The van der Waals surface area contributed by atoms with Crippen molar-refractivity contribution in [1.82, 2.24) is 0 Å². The van der Waals surface area contributed by atoms with Gasteiger partial charge in [-0.05, 0) is 49.8 Å². The van der Waals surface area contributed by atoms with E-state index in [2.05, 4.69) is 10.6 Å². The lowest BCUT2D eigenvalue weighted by Gasteiger charge is -2.13. The number of carbonyl (C=O) groups is 1. The van der Waals surface area contributed by atoms with E-state index in [0.29, 0.717) is 31.4 Å². The minimum Gasteiger partial charge on any atom is -0.462 e. The molecule has 150 valence electrons. The highest BCUT2D eigenvalue weighted by Crippen LogP contribution is 2.40. The third-order valence-electron chi connectivity index (χ3n) is 4.03. The average Bonchev–Trinajstić information content (AvgIpc) is 3.00. The van der Waals surface area contributed by atoms with Gasteiger partial charge in [-0.1, -0.05) is 53.5 Å². The number of rotatable bonds is 5. The highest BCUT2D eigenvalue weighted by molar-refractivity contribution is 7.80. The van der Waals surface area contributed by atoms with Crippen molar-refractivity contribution in [1.29, 1.82) is 0 Å². The monoisotopic (exact) mass is 464 g/mol. The second-order valence-electron chi connectivity index (χ2n) is 6.03. The van der Waals surface area contributed by atoms with Crippen molar-refractivity contribution in [2.45, 2.75) is 13.8 Å². The van der Waals surface area contributed by atoms with Crippen LogP contribution in [-0.2, 0) is 4.74 Å². The Morgan fingerprint density at radius 3 is 2.52 bits per heavy atom. The van der Waals surface area contributed by atoms with Crippen LogP contribution in [0.2, 0.25) is 10.0 Å². The maximum atomic E-state index is 12.7. The predicted molar refractivity (Wildman–Crippen MR) is 127 cm³/mol. The van der Waals surface area contributed by atoms with Crippen LogP contribution >= 0.6 is 46.8 Å². The second kappa shape index (κ2) is 9.59. The zero-order chi connectivity index (χ0) is 21.0. The van der Waals surface area contributed by atoms with Gasteiger partial charge in [-0.2, -0.15) is 0 Å². The number of carbonyl (C=O) groups excluding carboxylic acids is 1. The number of aryl methyl sites for hydroxylation is 1. The van der Waals surface area contributed by atoms with Crippen molar-refractivity contribution in [3.8, 4) is 11.1 Å². The maximum Gasteiger partial charge on any atom is 0.341 e. The molecule has 0 saturated heterocycles. The average molecular weight is 465 g/mol. The van der Waals surface area contributed by atoms with E-state index in [1.54, 1.807) is 25.1 Å². The lowest BCUT2D eigenvalue weighted by atomic mass is 10.0. The number of esters is 1. The summed E-state index contributed by atoms with van der Waals surface area (Å²) in [7, 11) is 0. The number of halogens is 2. The Balaban J connectivity index is 1.94. The van der Waals surface area contributed by atoms with Gasteiger partial charge in [0.25, 0.3) is 0 Å². The van der Waals surface area contributed by atoms with Crippen LogP contribution in [0.4, 0.5) is 10.7 Å². The molecular weight excluding hydrogens is 447 g/mol. The van der Waals surface area contributed by atoms with E-state index in [-0.39, 0.29) is 6.61 Å². The fourth-order valence-corrected chi connectivity index (χ4v) is 4.63. The Bertz CT molecular complexity index is 1050. The van der Waals surface area contributed by atoms with Crippen LogP contribution in [0.5, 0.6) is 0 Å². The Labute approximate surface area is 188 Å². The van der Waals surface area contributed by atoms with Gasteiger partial charge in [0.1, 0.15) is 10.6 Å². The lowest BCUT2D eigenvalue weighted by Crippen LogP contribution is -2.20. The molecule has 0 radical (unpaired) electrons. The standard InChI is InChI=1S/C21H18Cl2N2O2S2/c1-3-27-20(26)18-17(13-7-5-4-6-8-13)12(2)29-19(18)25-21(28)24-16-10-9-14(22)11-15(16)23/h4-11H,3H2,1-2H3,(H2,24,25,28). The van der Waals surface area contributed by atoms with Crippen molar-refractivity contribution >= 4 is 68.5 Å². The van der Waals surface area contributed by atoms with Crippen molar-refractivity contribution in [3.05, 3.63) is 69.0 Å². The van der Waals surface area contributed by atoms with Crippen LogP contribution in [0.1, 0.15) is 22.2 Å². The number of thiophene rings is 1. The molecule has 0 saturated carbocycles. The topological polar surface area (TPSA) is 50.4 Å². The largest absolute Gasteiger partial charge is 0.462 e. The smallest absolute Gasteiger partial charge is 0.341 e. The Hall–Kier alpha value is -2.12. The Kier molecular flexibility index (Phi) is 7.14. The van der Waals surface area contributed by atoms with E-state index in [9.17, 15) is 4.79 Å². The van der Waals surface area contributed by atoms with Crippen LogP contribution in [0.3, 0.4) is 0 Å². The number of nitrogens with one attached hydrogen (secondary N) is 2. The summed E-state index contributed by atoms with van der Waals surface area (Å²) < 4.78 is 5.30. The Morgan fingerprint density at radius 2 is 1.86 bits per heavy atom. The van der Waals surface area contributed by atoms with Gasteiger partial charge in [0.15, 0.2) is 5.11 Å². The summed E-state index contributed by atoms with van der Waals surface area (Å²) in [4.78, 5) is 13.7. The van der Waals surface area contributed by atoms with E-state index < -0.39 is 5.97 Å². The number of anilines is 2. The van der Waals surface area contributed by atoms with Crippen LogP contribution in [0.15, 0.2) is 48.5 Å². The first-order valence-electron chi connectivity index (χ1n) is 8.79. The molecule has 0 fully saturated rings. The quantitative estimate of drug-likeness (QED) is 0.313. The summed E-state index contributed by atoms with van der Waals surface area (Å²) in [5.41, 5.74) is 2.86. The first-order valence-corrected chi connectivity index (χ1v) is 10.8. The third-order valence-corrected chi connectivity index (χ3v) is 5.81. The summed E-state index contributed by atoms with van der Waals surface area (Å²) >= 11 is 19.0.